The maximum absolute atomic E-state index is 9.23. The SMILES string of the molecule is C[C@H](O)c1nc(CC2CCCNC2)no1. The van der Waals surface area contributed by atoms with Crippen molar-refractivity contribution in [2.75, 3.05) is 13.1 Å². The van der Waals surface area contributed by atoms with Crippen LogP contribution in [-0.2, 0) is 6.42 Å². The molecule has 1 aromatic heterocycles. The van der Waals surface area contributed by atoms with Gasteiger partial charge in [0.25, 0.3) is 5.89 Å². The van der Waals surface area contributed by atoms with Crippen LogP contribution in [0.25, 0.3) is 0 Å². The Kier molecular flexibility index (Phi) is 3.33. The highest BCUT2D eigenvalue weighted by Crippen LogP contribution is 2.16. The van der Waals surface area contributed by atoms with Crippen LogP contribution in [-0.4, -0.2) is 28.3 Å². The Morgan fingerprint density at radius 1 is 1.67 bits per heavy atom. The van der Waals surface area contributed by atoms with Crippen LogP contribution in [0.2, 0.25) is 0 Å². The monoisotopic (exact) mass is 211 g/mol. The van der Waals surface area contributed by atoms with E-state index < -0.39 is 6.10 Å². The molecule has 5 heteroatoms. The predicted octanol–water partition coefficient (Wildman–Crippen LogP) is 0.665. The van der Waals surface area contributed by atoms with Crippen molar-refractivity contribution in [3.05, 3.63) is 11.7 Å². The van der Waals surface area contributed by atoms with Gasteiger partial charge in [0.2, 0.25) is 0 Å². The molecule has 0 radical (unpaired) electrons. The Bertz CT molecular complexity index is 305. The Balaban J connectivity index is 1.91. The summed E-state index contributed by atoms with van der Waals surface area (Å²) in [5, 5.41) is 16.4. The van der Waals surface area contributed by atoms with Crippen molar-refractivity contribution < 1.29 is 9.63 Å². The van der Waals surface area contributed by atoms with Crippen molar-refractivity contribution in [1.29, 1.82) is 0 Å². The number of aromatic nitrogens is 2. The lowest BCUT2D eigenvalue weighted by atomic mass is 9.96. The van der Waals surface area contributed by atoms with E-state index in [0.29, 0.717) is 17.6 Å². The lowest BCUT2D eigenvalue weighted by Crippen LogP contribution is -2.31. The third-order valence-electron chi connectivity index (χ3n) is 2.71. The zero-order valence-electron chi connectivity index (χ0n) is 8.94. The summed E-state index contributed by atoms with van der Waals surface area (Å²) in [6.07, 6.45) is 2.59. The lowest BCUT2D eigenvalue weighted by molar-refractivity contribution is 0.151. The molecule has 2 atom stereocenters. The van der Waals surface area contributed by atoms with Crippen LogP contribution in [0.1, 0.15) is 37.6 Å². The number of aliphatic hydroxyl groups excluding tert-OH is 1. The van der Waals surface area contributed by atoms with Gasteiger partial charge in [-0.1, -0.05) is 5.16 Å². The van der Waals surface area contributed by atoms with Gasteiger partial charge in [-0.25, -0.2) is 0 Å². The van der Waals surface area contributed by atoms with Crippen LogP contribution in [0, 0.1) is 5.92 Å². The summed E-state index contributed by atoms with van der Waals surface area (Å²) >= 11 is 0. The van der Waals surface area contributed by atoms with E-state index in [1.807, 2.05) is 0 Å². The van der Waals surface area contributed by atoms with Crippen LogP contribution in [0.5, 0.6) is 0 Å². The fourth-order valence-electron chi connectivity index (χ4n) is 1.88. The number of piperidine rings is 1. The smallest absolute Gasteiger partial charge is 0.255 e. The molecule has 5 nitrogen and oxygen atoms in total. The number of nitrogens with zero attached hydrogens (tertiary/aromatic N) is 2. The maximum Gasteiger partial charge on any atom is 0.255 e. The molecule has 0 aromatic carbocycles. The molecule has 0 amide bonds. The third-order valence-corrected chi connectivity index (χ3v) is 2.71. The molecule has 2 rings (SSSR count). The average Bonchev–Trinajstić information content (AvgIpc) is 2.68. The number of nitrogens with one attached hydrogen (secondary N) is 1. The second kappa shape index (κ2) is 4.72. The van der Waals surface area contributed by atoms with E-state index in [4.69, 9.17) is 4.52 Å². The summed E-state index contributed by atoms with van der Waals surface area (Å²) in [5.74, 6) is 1.62. The first-order chi connectivity index (χ1) is 7.25. The van der Waals surface area contributed by atoms with Crippen molar-refractivity contribution in [1.82, 2.24) is 15.5 Å². The summed E-state index contributed by atoms with van der Waals surface area (Å²) < 4.78 is 4.94. The molecule has 1 saturated heterocycles. The Morgan fingerprint density at radius 2 is 2.53 bits per heavy atom. The van der Waals surface area contributed by atoms with Crippen molar-refractivity contribution >= 4 is 0 Å². The molecule has 1 aliphatic heterocycles. The first kappa shape index (κ1) is 10.6. The van der Waals surface area contributed by atoms with Gasteiger partial charge >= 0.3 is 0 Å². The lowest BCUT2D eigenvalue weighted by Gasteiger charge is -2.20. The Hall–Kier alpha value is -0.940. The van der Waals surface area contributed by atoms with Gasteiger partial charge < -0.3 is 14.9 Å². The van der Waals surface area contributed by atoms with E-state index >= 15 is 0 Å². The molecule has 1 aliphatic rings. The van der Waals surface area contributed by atoms with Gasteiger partial charge in [0.05, 0.1) is 0 Å². The van der Waals surface area contributed by atoms with Crippen LogP contribution in [0.3, 0.4) is 0 Å². The summed E-state index contributed by atoms with van der Waals surface area (Å²) in [5.41, 5.74) is 0. The van der Waals surface area contributed by atoms with Crippen molar-refractivity contribution in [2.24, 2.45) is 5.92 Å². The maximum atomic E-state index is 9.23. The number of rotatable bonds is 3. The fourth-order valence-corrected chi connectivity index (χ4v) is 1.88. The summed E-state index contributed by atoms with van der Waals surface area (Å²) in [7, 11) is 0. The molecule has 1 fully saturated rings. The van der Waals surface area contributed by atoms with Gasteiger partial charge in [-0.15, -0.1) is 0 Å². The average molecular weight is 211 g/mol. The molecule has 0 saturated carbocycles. The summed E-state index contributed by atoms with van der Waals surface area (Å²) in [6.45, 7) is 3.76. The van der Waals surface area contributed by atoms with Gasteiger partial charge in [-0.2, -0.15) is 4.98 Å². The number of hydrogen-bond donors (Lipinski definition) is 2. The first-order valence-electron chi connectivity index (χ1n) is 5.47. The highest BCUT2D eigenvalue weighted by atomic mass is 16.5. The zero-order chi connectivity index (χ0) is 10.7. The van der Waals surface area contributed by atoms with E-state index in [1.54, 1.807) is 6.92 Å². The van der Waals surface area contributed by atoms with Crippen molar-refractivity contribution in [2.45, 2.75) is 32.3 Å². The molecule has 84 valence electrons. The molecule has 0 bridgehead atoms. The molecule has 1 unspecified atom stereocenters. The summed E-state index contributed by atoms with van der Waals surface area (Å²) in [4.78, 5) is 4.15. The minimum Gasteiger partial charge on any atom is -0.384 e. The minimum atomic E-state index is -0.671. The largest absolute Gasteiger partial charge is 0.384 e. The van der Waals surface area contributed by atoms with Crippen molar-refractivity contribution in [3.8, 4) is 0 Å². The van der Waals surface area contributed by atoms with Gasteiger partial charge in [0.1, 0.15) is 6.10 Å². The van der Waals surface area contributed by atoms with E-state index in [0.717, 1.165) is 19.5 Å². The van der Waals surface area contributed by atoms with E-state index in [2.05, 4.69) is 15.5 Å². The molecule has 2 N–H and O–H groups in total. The van der Waals surface area contributed by atoms with Gasteiger partial charge in [0.15, 0.2) is 5.82 Å². The predicted molar refractivity (Wildman–Crippen MR) is 54.2 cm³/mol. The third kappa shape index (κ3) is 2.76. The van der Waals surface area contributed by atoms with Crippen LogP contribution >= 0.6 is 0 Å². The molecule has 2 heterocycles. The van der Waals surface area contributed by atoms with Crippen LogP contribution < -0.4 is 5.32 Å². The highest BCUT2D eigenvalue weighted by Gasteiger charge is 2.17. The van der Waals surface area contributed by atoms with Crippen molar-refractivity contribution in [3.63, 3.8) is 0 Å². The fraction of sp³-hybridized carbons (Fsp3) is 0.800. The normalized spacial score (nSPS) is 24.0. The van der Waals surface area contributed by atoms with Crippen LogP contribution in [0.15, 0.2) is 4.52 Å². The van der Waals surface area contributed by atoms with E-state index in [1.165, 1.54) is 12.8 Å². The number of hydrogen-bond acceptors (Lipinski definition) is 5. The van der Waals surface area contributed by atoms with E-state index in [9.17, 15) is 5.11 Å². The van der Waals surface area contributed by atoms with Crippen LogP contribution in [0.4, 0.5) is 0 Å². The topological polar surface area (TPSA) is 71.2 Å². The highest BCUT2D eigenvalue weighted by molar-refractivity contribution is 4.91. The number of aliphatic hydroxyl groups is 1. The first-order valence-corrected chi connectivity index (χ1v) is 5.47. The Morgan fingerprint density at radius 3 is 3.13 bits per heavy atom. The van der Waals surface area contributed by atoms with E-state index in [-0.39, 0.29) is 0 Å². The second-order valence-electron chi connectivity index (χ2n) is 4.14. The molecular weight excluding hydrogens is 194 g/mol. The van der Waals surface area contributed by atoms with Gasteiger partial charge in [-0.3, -0.25) is 0 Å². The quantitative estimate of drug-likeness (QED) is 0.768. The molecule has 0 aliphatic carbocycles. The minimum absolute atomic E-state index is 0.314. The molecule has 1 aromatic rings. The van der Waals surface area contributed by atoms with Gasteiger partial charge in [0, 0.05) is 6.42 Å². The second-order valence-corrected chi connectivity index (χ2v) is 4.14. The molecular formula is C10H17N3O2. The molecule has 0 spiro atoms. The Labute approximate surface area is 88.9 Å². The van der Waals surface area contributed by atoms with Gasteiger partial charge in [-0.05, 0) is 38.8 Å². The standard InChI is InChI=1S/C10H17N3O2/c1-7(14)10-12-9(13-15-10)5-8-3-2-4-11-6-8/h7-8,11,14H,2-6H2,1H3/t7-,8?/m0/s1. The summed E-state index contributed by atoms with van der Waals surface area (Å²) in [6, 6.07) is 0. The zero-order valence-corrected chi connectivity index (χ0v) is 8.94. The molecule has 15 heavy (non-hydrogen) atoms.